The number of benzene rings is 3. The van der Waals surface area contributed by atoms with E-state index in [4.69, 9.17) is 21.1 Å². The molecular formula is C24H23ClN2O6S. The lowest BCUT2D eigenvalue weighted by Gasteiger charge is -2.24. The number of carbonyl (C=O) groups is 2. The standard InChI is InChI=1S/C24H23ClN2O6S/c1-3-33-24(29)21-14-9-17(15-22(21)25)26-23(28)16-27(18-10-12-19(32-2)13-11-18)34(30,31)20-7-5-4-6-8-20/h4-15H,3,16H2,1-2H3,(H,26,28). The zero-order valence-electron chi connectivity index (χ0n) is 18.5. The van der Waals surface area contributed by atoms with E-state index < -0.39 is 28.4 Å². The fourth-order valence-corrected chi connectivity index (χ4v) is 4.78. The number of nitrogens with zero attached hydrogens (tertiary/aromatic N) is 1. The molecule has 1 amide bonds. The van der Waals surface area contributed by atoms with Crippen LogP contribution in [0, 0.1) is 0 Å². The van der Waals surface area contributed by atoms with E-state index in [1.54, 1.807) is 49.4 Å². The van der Waals surface area contributed by atoms with Gasteiger partial charge in [0.05, 0.1) is 34.9 Å². The summed E-state index contributed by atoms with van der Waals surface area (Å²) in [6, 6.07) is 18.5. The fourth-order valence-electron chi connectivity index (χ4n) is 3.08. The predicted octanol–water partition coefficient (Wildman–Crippen LogP) is 4.36. The first kappa shape index (κ1) is 25.1. The summed E-state index contributed by atoms with van der Waals surface area (Å²) in [5.41, 5.74) is 0.748. The van der Waals surface area contributed by atoms with Gasteiger partial charge in [-0.2, -0.15) is 0 Å². The number of nitrogens with one attached hydrogen (secondary N) is 1. The number of hydrogen-bond acceptors (Lipinski definition) is 6. The number of sulfonamides is 1. The van der Waals surface area contributed by atoms with E-state index in [-0.39, 0.29) is 27.8 Å². The van der Waals surface area contributed by atoms with Crippen LogP contribution in [0.1, 0.15) is 17.3 Å². The highest BCUT2D eigenvalue weighted by atomic mass is 35.5. The van der Waals surface area contributed by atoms with Crippen molar-refractivity contribution in [1.29, 1.82) is 0 Å². The SMILES string of the molecule is CCOC(=O)c1ccc(NC(=O)CN(c2ccc(OC)cc2)S(=O)(=O)c2ccccc2)cc1Cl. The van der Waals surface area contributed by atoms with E-state index in [0.717, 1.165) is 4.31 Å². The minimum Gasteiger partial charge on any atom is -0.497 e. The molecule has 0 aliphatic rings. The van der Waals surface area contributed by atoms with Crippen LogP contribution < -0.4 is 14.4 Å². The Balaban J connectivity index is 1.87. The number of hydrogen-bond donors (Lipinski definition) is 1. The van der Waals surface area contributed by atoms with Crippen LogP contribution in [0.2, 0.25) is 5.02 Å². The molecule has 0 radical (unpaired) electrons. The number of ether oxygens (including phenoxy) is 2. The van der Waals surface area contributed by atoms with Crippen LogP contribution in [0.4, 0.5) is 11.4 Å². The molecule has 0 spiro atoms. The highest BCUT2D eigenvalue weighted by Crippen LogP contribution is 2.26. The molecule has 0 bridgehead atoms. The summed E-state index contributed by atoms with van der Waals surface area (Å²) in [7, 11) is -2.55. The minimum atomic E-state index is -4.05. The highest BCUT2D eigenvalue weighted by Gasteiger charge is 2.27. The summed E-state index contributed by atoms with van der Waals surface area (Å²) in [6.45, 7) is 1.38. The van der Waals surface area contributed by atoms with Gasteiger partial charge in [-0.1, -0.05) is 29.8 Å². The van der Waals surface area contributed by atoms with Crippen LogP contribution >= 0.6 is 11.6 Å². The summed E-state index contributed by atoms with van der Waals surface area (Å²) in [5.74, 6) is -0.637. The van der Waals surface area contributed by atoms with Gasteiger partial charge >= 0.3 is 5.97 Å². The van der Waals surface area contributed by atoms with E-state index >= 15 is 0 Å². The van der Waals surface area contributed by atoms with Gasteiger partial charge < -0.3 is 14.8 Å². The van der Waals surface area contributed by atoms with Crippen molar-refractivity contribution in [3.63, 3.8) is 0 Å². The van der Waals surface area contributed by atoms with Crippen molar-refractivity contribution < 1.29 is 27.5 Å². The first-order valence-corrected chi connectivity index (χ1v) is 12.1. The van der Waals surface area contributed by atoms with E-state index in [9.17, 15) is 18.0 Å². The number of halogens is 1. The van der Waals surface area contributed by atoms with E-state index in [2.05, 4.69) is 5.32 Å². The minimum absolute atomic E-state index is 0.0421. The lowest BCUT2D eigenvalue weighted by atomic mass is 10.2. The molecule has 0 aliphatic carbocycles. The molecule has 3 aromatic carbocycles. The number of esters is 1. The summed E-state index contributed by atoms with van der Waals surface area (Å²) in [6.07, 6.45) is 0. The molecule has 0 fully saturated rings. The van der Waals surface area contributed by atoms with E-state index in [0.29, 0.717) is 11.4 Å². The Labute approximate surface area is 203 Å². The van der Waals surface area contributed by atoms with Gasteiger partial charge in [-0.3, -0.25) is 9.10 Å². The van der Waals surface area contributed by atoms with Crippen molar-refractivity contribution in [3.05, 3.63) is 83.4 Å². The second kappa shape index (κ2) is 11.0. The first-order valence-electron chi connectivity index (χ1n) is 10.2. The third kappa shape index (κ3) is 5.86. The first-order chi connectivity index (χ1) is 16.3. The second-order valence-electron chi connectivity index (χ2n) is 6.99. The zero-order valence-corrected chi connectivity index (χ0v) is 20.1. The van der Waals surface area contributed by atoms with Gasteiger partial charge in [0.1, 0.15) is 12.3 Å². The number of rotatable bonds is 9. The third-order valence-corrected chi connectivity index (χ3v) is 6.83. The molecule has 0 atom stereocenters. The zero-order chi connectivity index (χ0) is 24.7. The average molecular weight is 503 g/mol. The van der Waals surface area contributed by atoms with Gasteiger partial charge in [0.15, 0.2) is 0 Å². The van der Waals surface area contributed by atoms with Gasteiger partial charge in [0.25, 0.3) is 10.0 Å². The molecule has 34 heavy (non-hydrogen) atoms. The Kier molecular flexibility index (Phi) is 8.14. The van der Waals surface area contributed by atoms with E-state index in [1.165, 1.54) is 37.4 Å². The Morgan fingerprint density at radius 1 is 1.00 bits per heavy atom. The lowest BCUT2D eigenvalue weighted by molar-refractivity contribution is -0.114. The maximum atomic E-state index is 13.4. The van der Waals surface area contributed by atoms with Crippen molar-refractivity contribution in [2.75, 3.05) is 29.9 Å². The number of anilines is 2. The molecular weight excluding hydrogens is 480 g/mol. The van der Waals surface area contributed by atoms with Gasteiger partial charge in [-0.05, 0) is 61.5 Å². The molecule has 3 aromatic rings. The largest absolute Gasteiger partial charge is 0.497 e. The Morgan fingerprint density at radius 2 is 1.68 bits per heavy atom. The summed E-state index contributed by atoms with van der Waals surface area (Å²) >= 11 is 6.16. The number of amides is 1. The molecule has 0 heterocycles. The van der Waals surface area contributed by atoms with Crippen molar-refractivity contribution >= 4 is 44.9 Å². The van der Waals surface area contributed by atoms with Crippen molar-refractivity contribution in [2.24, 2.45) is 0 Å². The Bertz CT molecular complexity index is 1260. The molecule has 0 unspecified atom stereocenters. The Morgan fingerprint density at radius 3 is 2.26 bits per heavy atom. The van der Waals surface area contributed by atoms with Crippen LogP contribution in [-0.2, 0) is 19.6 Å². The second-order valence-corrected chi connectivity index (χ2v) is 9.26. The van der Waals surface area contributed by atoms with Crippen LogP contribution in [0.3, 0.4) is 0 Å². The maximum Gasteiger partial charge on any atom is 0.339 e. The van der Waals surface area contributed by atoms with Crippen molar-refractivity contribution in [3.8, 4) is 5.75 Å². The monoisotopic (exact) mass is 502 g/mol. The van der Waals surface area contributed by atoms with Crippen molar-refractivity contribution in [1.82, 2.24) is 0 Å². The van der Waals surface area contributed by atoms with E-state index in [1.807, 2.05) is 0 Å². The highest BCUT2D eigenvalue weighted by molar-refractivity contribution is 7.92. The van der Waals surface area contributed by atoms with Crippen LogP contribution in [-0.4, -0.2) is 40.6 Å². The molecule has 10 heteroatoms. The molecule has 178 valence electrons. The molecule has 0 saturated carbocycles. The normalized spacial score (nSPS) is 10.9. The Hall–Kier alpha value is -3.56. The predicted molar refractivity (Wildman–Crippen MR) is 130 cm³/mol. The molecule has 0 aromatic heterocycles. The van der Waals surface area contributed by atoms with Crippen LogP contribution in [0.25, 0.3) is 0 Å². The summed E-state index contributed by atoms with van der Waals surface area (Å²) in [5, 5.41) is 2.72. The molecule has 0 aliphatic heterocycles. The van der Waals surface area contributed by atoms with Crippen LogP contribution in [0.5, 0.6) is 5.75 Å². The number of methoxy groups -OCH3 is 1. The van der Waals surface area contributed by atoms with Gasteiger partial charge in [0.2, 0.25) is 5.91 Å². The smallest absolute Gasteiger partial charge is 0.339 e. The third-order valence-electron chi connectivity index (χ3n) is 4.73. The number of carbonyl (C=O) groups excluding carboxylic acids is 2. The van der Waals surface area contributed by atoms with Gasteiger partial charge in [0, 0.05) is 5.69 Å². The van der Waals surface area contributed by atoms with Crippen LogP contribution in [0.15, 0.2) is 77.7 Å². The quantitative estimate of drug-likeness (QED) is 0.436. The van der Waals surface area contributed by atoms with Crippen molar-refractivity contribution in [2.45, 2.75) is 11.8 Å². The fraction of sp³-hybridized carbons (Fsp3) is 0.167. The summed E-state index contributed by atoms with van der Waals surface area (Å²) in [4.78, 5) is 24.8. The molecule has 0 saturated heterocycles. The lowest BCUT2D eigenvalue weighted by Crippen LogP contribution is -2.38. The topological polar surface area (TPSA) is 102 Å². The molecule has 8 nitrogen and oxygen atoms in total. The average Bonchev–Trinajstić information content (AvgIpc) is 2.83. The molecule has 3 rings (SSSR count). The summed E-state index contributed by atoms with van der Waals surface area (Å²) < 4.78 is 37.8. The van der Waals surface area contributed by atoms with Gasteiger partial charge in [-0.25, -0.2) is 13.2 Å². The maximum absolute atomic E-state index is 13.4. The molecule has 1 N–H and O–H groups in total. The van der Waals surface area contributed by atoms with Gasteiger partial charge in [-0.15, -0.1) is 0 Å².